The monoisotopic (exact) mass is 537 g/mol. The lowest BCUT2D eigenvalue weighted by atomic mass is 10.1. The highest BCUT2D eigenvalue weighted by Gasteiger charge is 2.33. The van der Waals surface area contributed by atoms with Crippen LogP contribution in [0.4, 0.5) is 10.1 Å². The van der Waals surface area contributed by atoms with Crippen molar-refractivity contribution in [1.82, 2.24) is 9.62 Å². The molecule has 1 aliphatic heterocycles. The fourth-order valence-corrected chi connectivity index (χ4v) is 6.62. The molecule has 3 aromatic rings. The van der Waals surface area contributed by atoms with Crippen LogP contribution < -0.4 is 9.62 Å². The van der Waals surface area contributed by atoms with Crippen LogP contribution in [0.25, 0.3) is 0 Å². The van der Waals surface area contributed by atoms with E-state index in [2.05, 4.69) is 25.6 Å². The van der Waals surface area contributed by atoms with Crippen LogP contribution in [-0.4, -0.2) is 45.5 Å². The Labute approximate surface area is 201 Å². The first-order chi connectivity index (χ1) is 15.3. The normalized spacial score (nSPS) is 17.3. The van der Waals surface area contributed by atoms with E-state index >= 15 is 0 Å². The molecule has 4 rings (SSSR count). The summed E-state index contributed by atoms with van der Waals surface area (Å²) in [5.74, 6) is -0.216. The van der Waals surface area contributed by atoms with Gasteiger partial charge >= 0.3 is 0 Å². The summed E-state index contributed by atoms with van der Waals surface area (Å²) in [7, 11) is -3.66. The molecule has 0 spiro atoms. The number of hydrogen-bond donors (Lipinski definition) is 1. The number of nitrogens with one attached hydrogen (secondary N) is 1. The van der Waals surface area contributed by atoms with Crippen LogP contribution in [0.5, 0.6) is 0 Å². The molecule has 0 saturated carbocycles. The summed E-state index contributed by atoms with van der Waals surface area (Å²) in [6.07, 6.45) is 0. The molecule has 1 fully saturated rings. The van der Waals surface area contributed by atoms with E-state index in [0.717, 1.165) is 9.35 Å². The highest BCUT2D eigenvalue weighted by Crippen LogP contribution is 2.31. The molecular formula is C23H25BrFN3O2S2. The van der Waals surface area contributed by atoms with E-state index in [0.29, 0.717) is 31.9 Å². The summed E-state index contributed by atoms with van der Waals surface area (Å²) < 4.78 is 43.9. The van der Waals surface area contributed by atoms with Crippen LogP contribution in [0.1, 0.15) is 17.8 Å². The van der Waals surface area contributed by atoms with Gasteiger partial charge < -0.3 is 4.90 Å². The largest absolute Gasteiger partial charge is 0.367 e. The van der Waals surface area contributed by atoms with Gasteiger partial charge in [-0.1, -0.05) is 34.1 Å². The summed E-state index contributed by atoms with van der Waals surface area (Å²) in [6, 6.07) is 17.0. The highest BCUT2D eigenvalue weighted by molar-refractivity contribution is 9.10. The van der Waals surface area contributed by atoms with E-state index in [1.54, 1.807) is 47.7 Å². The van der Waals surface area contributed by atoms with Crippen molar-refractivity contribution in [3.05, 3.63) is 81.2 Å². The average molecular weight is 539 g/mol. The summed E-state index contributed by atoms with van der Waals surface area (Å²) in [5.41, 5.74) is 0.615. The Hall–Kier alpha value is -1.78. The van der Waals surface area contributed by atoms with Crippen LogP contribution in [0.3, 0.4) is 0 Å². The van der Waals surface area contributed by atoms with Crippen LogP contribution >= 0.6 is 27.3 Å². The quantitative estimate of drug-likeness (QED) is 0.466. The molecule has 0 radical (unpaired) electrons. The van der Waals surface area contributed by atoms with Crippen LogP contribution in [0.2, 0.25) is 0 Å². The first-order valence-corrected chi connectivity index (χ1v) is 13.6. The molecule has 1 aliphatic rings. The topological polar surface area (TPSA) is 52.7 Å². The van der Waals surface area contributed by atoms with Gasteiger partial charge in [-0.3, -0.25) is 4.90 Å². The van der Waals surface area contributed by atoms with E-state index in [9.17, 15) is 12.8 Å². The number of nitrogens with zero attached hydrogens (tertiary/aromatic N) is 2. The molecule has 1 aromatic heterocycles. The fourth-order valence-electron chi connectivity index (χ4n) is 4.14. The van der Waals surface area contributed by atoms with Crippen molar-refractivity contribution in [2.45, 2.75) is 23.9 Å². The minimum absolute atomic E-state index is 0.108. The number of sulfonamides is 1. The minimum atomic E-state index is -3.66. The van der Waals surface area contributed by atoms with Crippen molar-refractivity contribution in [2.24, 2.45) is 0 Å². The van der Waals surface area contributed by atoms with Crippen molar-refractivity contribution >= 4 is 43.0 Å². The Morgan fingerprint density at radius 2 is 1.69 bits per heavy atom. The maximum atomic E-state index is 14.2. The molecule has 5 nitrogen and oxygen atoms in total. The van der Waals surface area contributed by atoms with Crippen LogP contribution in [-0.2, 0) is 10.0 Å². The van der Waals surface area contributed by atoms with Gasteiger partial charge in [-0.15, -0.1) is 11.3 Å². The van der Waals surface area contributed by atoms with Crippen molar-refractivity contribution < 1.29 is 12.8 Å². The number of benzene rings is 2. The molecule has 2 heterocycles. The highest BCUT2D eigenvalue weighted by atomic mass is 79.9. The van der Waals surface area contributed by atoms with Gasteiger partial charge in [-0.05, 0) is 54.8 Å². The summed E-state index contributed by atoms with van der Waals surface area (Å²) >= 11 is 4.96. The lowest BCUT2D eigenvalue weighted by Gasteiger charge is -2.42. The molecule has 1 saturated heterocycles. The standard InChI is InChI=1S/C23H25BrFN3O2S2/c1-17(26-32(29,30)19-10-8-18(24)9-11-19)23(22-7-4-16-31-22)28-14-12-27(13-15-28)21-6-3-2-5-20(21)25/h2-11,16-17,23,26H,12-15H2,1H3. The molecule has 32 heavy (non-hydrogen) atoms. The zero-order valence-electron chi connectivity index (χ0n) is 17.6. The van der Waals surface area contributed by atoms with Gasteiger partial charge in [0.25, 0.3) is 0 Å². The third-order valence-electron chi connectivity index (χ3n) is 5.67. The second-order valence-electron chi connectivity index (χ2n) is 7.80. The summed E-state index contributed by atoms with van der Waals surface area (Å²) in [4.78, 5) is 5.68. The Balaban J connectivity index is 1.51. The lowest BCUT2D eigenvalue weighted by molar-refractivity contribution is 0.163. The van der Waals surface area contributed by atoms with Crippen LogP contribution in [0, 0.1) is 5.82 Å². The number of thiophene rings is 1. The lowest BCUT2D eigenvalue weighted by Crippen LogP contribution is -2.52. The van der Waals surface area contributed by atoms with E-state index in [1.807, 2.05) is 35.4 Å². The second-order valence-corrected chi connectivity index (χ2v) is 11.4. The third kappa shape index (κ3) is 5.23. The van der Waals surface area contributed by atoms with Crippen LogP contribution in [0.15, 0.2) is 75.4 Å². The minimum Gasteiger partial charge on any atom is -0.367 e. The first-order valence-electron chi connectivity index (χ1n) is 10.4. The fraction of sp³-hybridized carbons (Fsp3) is 0.304. The Bertz CT molecular complexity index is 1130. The number of anilines is 1. The molecule has 1 N–H and O–H groups in total. The predicted octanol–water partition coefficient (Wildman–Crippen LogP) is 4.88. The third-order valence-corrected chi connectivity index (χ3v) is 8.72. The van der Waals surface area contributed by atoms with Crippen molar-refractivity contribution in [3.63, 3.8) is 0 Å². The van der Waals surface area contributed by atoms with Crippen molar-refractivity contribution in [2.75, 3.05) is 31.1 Å². The maximum Gasteiger partial charge on any atom is 0.240 e. The van der Waals surface area contributed by atoms with Gasteiger partial charge in [0.15, 0.2) is 0 Å². The first kappa shape index (κ1) is 23.4. The van der Waals surface area contributed by atoms with Gasteiger partial charge in [-0.2, -0.15) is 0 Å². The molecule has 2 aromatic carbocycles. The molecule has 0 amide bonds. The Kier molecular flexibility index (Phi) is 7.31. The van der Waals surface area contributed by atoms with E-state index in [1.165, 1.54) is 6.07 Å². The predicted molar refractivity (Wildman–Crippen MR) is 131 cm³/mol. The number of rotatable bonds is 7. The molecule has 170 valence electrons. The molecule has 0 bridgehead atoms. The summed E-state index contributed by atoms with van der Waals surface area (Å²) in [5, 5.41) is 2.01. The summed E-state index contributed by atoms with van der Waals surface area (Å²) in [6.45, 7) is 4.68. The van der Waals surface area contributed by atoms with E-state index < -0.39 is 10.0 Å². The molecule has 0 aliphatic carbocycles. The van der Waals surface area contributed by atoms with Gasteiger partial charge in [0.2, 0.25) is 10.0 Å². The van der Waals surface area contributed by atoms with E-state index in [4.69, 9.17) is 0 Å². The zero-order chi connectivity index (χ0) is 22.7. The number of halogens is 2. The SMILES string of the molecule is CC(NS(=O)(=O)c1ccc(Br)cc1)C(c1cccs1)N1CCN(c2ccccc2F)CC1. The zero-order valence-corrected chi connectivity index (χ0v) is 20.8. The Morgan fingerprint density at radius 1 is 1.00 bits per heavy atom. The van der Waals surface area contributed by atoms with Gasteiger partial charge in [0.1, 0.15) is 5.82 Å². The second kappa shape index (κ2) is 10.0. The molecular weight excluding hydrogens is 513 g/mol. The van der Waals surface area contributed by atoms with Gasteiger partial charge in [-0.25, -0.2) is 17.5 Å². The Morgan fingerprint density at radius 3 is 2.31 bits per heavy atom. The number of para-hydroxylation sites is 1. The smallest absolute Gasteiger partial charge is 0.240 e. The van der Waals surface area contributed by atoms with Gasteiger partial charge in [0, 0.05) is 41.6 Å². The molecule has 2 atom stereocenters. The maximum absolute atomic E-state index is 14.2. The number of hydrogen-bond acceptors (Lipinski definition) is 5. The molecule has 9 heteroatoms. The number of piperazine rings is 1. The average Bonchev–Trinajstić information content (AvgIpc) is 3.29. The van der Waals surface area contributed by atoms with Gasteiger partial charge in [0.05, 0.1) is 16.6 Å². The van der Waals surface area contributed by atoms with Crippen molar-refractivity contribution in [1.29, 1.82) is 0 Å². The van der Waals surface area contributed by atoms with E-state index in [-0.39, 0.29) is 22.8 Å². The molecule has 2 unspecified atom stereocenters. The van der Waals surface area contributed by atoms with Crippen molar-refractivity contribution in [3.8, 4) is 0 Å².